The van der Waals surface area contributed by atoms with E-state index in [9.17, 15) is 0 Å². The second kappa shape index (κ2) is 7.07. The maximum Gasteiger partial charge on any atom is 0.0451 e. The molecule has 1 aliphatic heterocycles. The molecule has 2 nitrogen and oxygen atoms in total. The largest absolute Gasteiger partial charge is 0.306 e. The van der Waals surface area contributed by atoms with Crippen molar-refractivity contribution in [3.8, 4) is 0 Å². The summed E-state index contributed by atoms with van der Waals surface area (Å²) in [6.07, 6.45) is 1.30. The molecule has 1 fully saturated rings. The highest BCUT2D eigenvalue weighted by molar-refractivity contribution is 9.10. The van der Waals surface area contributed by atoms with Crippen LogP contribution in [0.4, 0.5) is 0 Å². The maximum absolute atomic E-state index is 6.26. The molecular weight excluding hydrogens is 324 g/mol. The fourth-order valence-electron chi connectivity index (χ4n) is 2.68. The fraction of sp³-hybridized carbons (Fsp3) is 0.600. The molecule has 1 unspecified atom stereocenters. The van der Waals surface area contributed by atoms with Crippen molar-refractivity contribution < 1.29 is 0 Å². The zero-order valence-corrected chi connectivity index (χ0v) is 14.0. The number of rotatable bonds is 5. The monoisotopic (exact) mass is 344 g/mol. The molecule has 1 atom stereocenters. The van der Waals surface area contributed by atoms with E-state index in [2.05, 4.69) is 45.8 Å². The molecule has 1 aliphatic rings. The lowest BCUT2D eigenvalue weighted by Crippen LogP contribution is -2.28. The molecule has 1 heterocycles. The average Bonchev–Trinajstić information content (AvgIpc) is 2.81. The Labute approximate surface area is 129 Å². The Balaban J connectivity index is 1.89. The normalized spacial score (nSPS) is 20.4. The van der Waals surface area contributed by atoms with Gasteiger partial charge in [-0.25, -0.2) is 0 Å². The summed E-state index contributed by atoms with van der Waals surface area (Å²) in [5.41, 5.74) is 1.22. The first kappa shape index (κ1) is 15.3. The van der Waals surface area contributed by atoms with Crippen LogP contribution in [-0.4, -0.2) is 43.0 Å². The first-order valence-corrected chi connectivity index (χ1v) is 8.10. The molecule has 4 heteroatoms. The fourth-order valence-corrected chi connectivity index (χ4v) is 3.27. The molecule has 106 valence electrons. The summed E-state index contributed by atoms with van der Waals surface area (Å²) in [7, 11) is 2.20. The smallest absolute Gasteiger partial charge is 0.0451 e. The van der Waals surface area contributed by atoms with Crippen LogP contribution in [0.3, 0.4) is 0 Å². The summed E-state index contributed by atoms with van der Waals surface area (Å²) in [4.78, 5) is 4.92. The predicted molar refractivity (Wildman–Crippen MR) is 85.7 cm³/mol. The molecule has 0 aromatic heterocycles. The van der Waals surface area contributed by atoms with E-state index in [1.807, 2.05) is 12.1 Å². The Bertz CT molecular complexity index is 425. The first-order valence-electron chi connectivity index (χ1n) is 6.93. The molecule has 0 radical (unpaired) electrons. The van der Waals surface area contributed by atoms with Crippen molar-refractivity contribution in [3.63, 3.8) is 0 Å². The van der Waals surface area contributed by atoms with Gasteiger partial charge in [-0.15, -0.1) is 0 Å². The van der Waals surface area contributed by atoms with Crippen molar-refractivity contribution in [1.82, 2.24) is 9.80 Å². The number of likely N-dealkylation sites (tertiary alicyclic amines) is 1. The van der Waals surface area contributed by atoms with Crippen molar-refractivity contribution in [2.45, 2.75) is 19.9 Å². The van der Waals surface area contributed by atoms with Crippen LogP contribution < -0.4 is 0 Å². The lowest BCUT2D eigenvalue weighted by molar-refractivity contribution is 0.268. The summed E-state index contributed by atoms with van der Waals surface area (Å²) in [5.74, 6) is 0.802. The molecule has 0 saturated carbocycles. The van der Waals surface area contributed by atoms with E-state index in [1.54, 1.807) is 0 Å². The summed E-state index contributed by atoms with van der Waals surface area (Å²) in [5, 5.41) is 0.873. The van der Waals surface area contributed by atoms with E-state index in [0.717, 1.165) is 28.5 Å². The van der Waals surface area contributed by atoms with Crippen LogP contribution in [0, 0.1) is 5.92 Å². The van der Waals surface area contributed by atoms with Crippen molar-refractivity contribution in [3.05, 3.63) is 33.3 Å². The van der Waals surface area contributed by atoms with Gasteiger partial charge in [0, 0.05) is 29.1 Å². The maximum atomic E-state index is 6.26. The standard InChI is InChI=1S/C15H22BrClN2/c1-3-18(2)9-12-6-7-19(10-12)11-13-8-14(16)4-5-15(13)17/h4-5,8,12H,3,6-7,9-11H2,1-2H3. The molecule has 19 heavy (non-hydrogen) atoms. The second-order valence-corrected chi connectivity index (χ2v) is 6.80. The second-order valence-electron chi connectivity index (χ2n) is 5.48. The number of nitrogens with zero attached hydrogens (tertiary/aromatic N) is 2. The van der Waals surface area contributed by atoms with Gasteiger partial charge in [-0.1, -0.05) is 34.5 Å². The van der Waals surface area contributed by atoms with Crippen LogP contribution in [-0.2, 0) is 6.54 Å². The predicted octanol–water partition coefficient (Wildman–Crippen LogP) is 3.88. The summed E-state index contributed by atoms with van der Waals surface area (Å²) >= 11 is 9.78. The van der Waals surface area contributed by atoms with E-state index < -0.39 is 0 Å². The van der Waals surface area contributed by atoms with Crippen molar-refractivity contribution >= 4 is 27.5 Å². The first-order chi connectivity index (χ1) is 9.08. The highest BCUT2D eigenvalue weighted by atomic mass is 79.9. The molecule has 0 N–H and O–H groups in total. The number of benzene rings is 1. The Morgan fingerprint density at radius 2 is 2.26 bits per heavy atom. The van der Waals surface area contributed by atoms with E-state index in [4.69, 9.17) is 11.6 Å². The molecule has 0 aliphatic carbocycles. The minimum Gasteiger partial charge on any atom is -0.306 e. The Morgan fingerprint density at radius 1 is 1.47 bits per heavy atom. The highest BCUT2D eigenvalue weighted by Crippen LogP contribution is 2.25. The van der Waals surface area contributed by atoms with Gasteiger partial charge in [0.2, 0.25) is 0 Å². The summed E-state index contributed by atoms with van der Waals surface area (Å²) < 4.78 is 1.10. The highest BCUT2D eigenvalue weighted by Gasteiger charge is 2.23. The van der Waals surface area contributed by atoms with Gasteiger partial charge >= 0.3 is 0 Å². The summed E-state index contributed by atoms with van der Waals surface area (Å²) in [6, 6.07) is 6.10. The third-order valence-corrected chi connectivity index (χ3v) is 4.74. The van der Waals surface area contributed by atoms with Crippen LogP contribution in [0.15, 0.2) is 22.7 Å². The van der Waals surface area contributed by atoms with Crippen LogP contribution in [0.5, 0.6) is 0 Å². The molecule has 1 aromatic rings. The Hall–Kier alpha value is -0.0900. The summed E-state index contributed by atoms with van der Waals surface area (Å²) in [6.45, 7) is 7.89. The minimum atomic E-state index is 0.802. The Morgan fingerprint density at radius 3 is 3.00 bits per heavy atom. The average molecular weight is 346 g/mol. The van der Waals surface area contributed by atoms with Gasteiger partial charge < -0.3 is 4.90 Å². The minimum absolute atomic E-state index is 0.802. The number of hydrogen-bond donors (Lipinski definition) is 0. The zero-order chi connectivity index (χ0) is 13.8. The molecule has 2 rings (SSSR count). The van der Waals surface area contributed by atoms with Gasteiger partial charge in [0.1, 0.15) is 0 Å². The van der Waals surface area contributed by atoms with E-state index in [-0.39, 0.29) is 0 Å². The lowest BCUT2D eigenvalue weighted by Gasteiger charge is -2.20. The van der Waals surface area contributed by atoms with E-state index in [0.29, 0.717) is 0 Å². The molecule has 1 saturated heterocycles. The van der Waals surface area contributed by atoms with Crippen LogP contribution in [0.25, 0.3) is 0 Å². The molecule has 1 aromatic carbocycles. The van der Waals surface area contributed by atoms with Gasteiger partial charge in [0.05, 0.1) is 0 Å². The van der Waals surface area contributed by atoms with Crippen molar-refractivity contribution in [1.29, 1.82) is 0 Å². The van der Waals surface area contributed by atoms with E-state index in [1.165, 1.54) is 31.6 Å². The van der Waals surface area contributed by atoms with E-state index >= 15 is 0 Å². The van der Waals surface area contributed by atoms with Crippen molar-refractivity contribution in [2.75, 3.05) is 33.2 Å². The SMILES string of the molecule is CCN(C)CC1CCN(Cc2cc(Br)ccc2Cl)C1. The van der Waals surface area contributed by atoms with Crippen LogP contribution in [0.1, 0.15) is 18.9 Å². The van der Waals surface area contributed by atoms with Gasteiger partial charge in [0.15, 0.2) is 0 Å². The quantitative estimate of drug-likeness (QED) is 0.799. The third kappa shape index (κ3) is 4.45. The van der Waals surface area contributed by atoms with Gasteiger partial charge in [-0.3, -0.25) is 4.90 Å². The molecule has 0 bridgehead atoms. The van der Waals surface area contributed by atoms with Crippen LogP contribution in [0.2, 0.25) is 5.02 Å². The zero-order valence-electron chi connectivity index (χ0n) is 11.7. The van der Waals surface area contributed by atoms with Crippen molar-refractivity contribution in [2.24, 2.45) is 5.92 Å². The molecule has 0 amide bonds. The third-order valence-electron chi connectivity index (χ3n) is 3.88. The topological polar surface area (TPSA) is 6.48 Å². The van der Waals surface area contributed by atoms with Gasteiger partial charge in [0.25, 0.3) is 0 Å². The lowest BCUT2D eigenvalue weighted by atomic mass is 10.1. The molecule has 0 spiro atoms. The van der Waals surface area contributed by atoms with Gasteiger partial charge in [-0.05, 0) is 56.2 Å². The number of halogens is 2. The van der Waals surface area contributed by atoms with Crippen LogP contribution >= 0.6 is 27.5 Å². The number of hydrogen-bond acceptors (Lipinski definition) is 2. The van der Waals surface area contributed by atoms with Gasteiger partial charge in [-0.2, -0.15) is 0 Å². The molecular formula is C15H22BrClN2. The Kier molecular flexibility index (Phi) is 5.70.